The maximum Gasteiger partial charge on any atom is 0.254 e. The molecule has 29 heavy (non-hydrogen) atoms. The first-order valence-electron chi connectivity index (χ1n) is 9.41. The van der Waals surface area contributed by atoms with Crippen molar-refractivity contribution < 1.29 is 4.39 Å². The van der Waals surface area contributed by atoms with Crippen LogP contribution in [0.25, 0.3) is 10.2 Å². The molecule has 0 spiro atoms. The molecule has 1 aromatic heterocycles. The predicted octanol–water partition coefficient (Wildman–Crippen LogP) is 5.05. The van der Waals surface area contributed by atoms with E-state index < -0.39 is 7.26 Å². The summed E-state index contributed by atoms with van der Waals surface area (Å²) in [4.78, 5) is 5.00. The molecule has 5 aromatic rings. The lowest BCUT2D eigenvalue weighted by molar-refractivity contribution is 0.629. The molecule has 140 valence electrons. The van der Waals surface area contributed by atoms with Crippen LogP contribution in [0.4, 0.5) is 4.39 Å². The van der Waals surface area contributed by atoms with Gasteiger partial charge in [-0.25, -0.2) is 9.37 Å². The van der Waals surface area contributed by atoms with E-state index in [1.807, 2.05) is 24.3 Å². The lowest BCUT2D eigenvalue weighted by Crippen LogP contribution is -2.38. The second-order valence-electron chi connectivity index (χ2n) is 6.79. The summed E-state index contributed by atoms with van der Waals surface area (Å²) in [6, 6.07) is 36.7. The molecule has 5 rings (SSSR count). The first-order valence-corrected chi connectivity index (χ1v) is 12.0. The average Bonchev–Trinajstić information content (AvgIpc) is 3.20. The van der Waals surface area contributed by atoms with Gasteiger partial charge in [0.25, 0.3) is 4.75 Å². The molecule has 0 bridgehead atoms. The summed E-state index contributed by atoms with van der Waals surface area (Å²) in [5.74, 6) is -0.252. The third kappa shape index (κ3) is 3.07. The Labute approximate surface area is 173 Å². The van der Waals surface area contributed by atoms with E-state index in [1.165, 1.54) is 28.0 Å². The number of hydrogen-bond donors (Lipinski definition) is 0. The number of fused-ring (bicyclic) bond motifs is 1. The van der Waals surface area contributed by atoms with E-state index in [2.05, 4.69) is 72.8 Å². The fourth-order valence-electron chi connectivity index (χ4n) is 3.77. The van der Waals surface area contributed by atoms with Crippen LogP contribution < -0.4 is 20.7 Å². The lowest BCUT2D eigenvalue weighted by Gasteiger charge is -2.24. The number of benzene rings is 4. The van der Waals surface area contributed by atoms with Gasteiger partial charge in [-0.1, -0.05) is 65.9 Å². The fraction of sp³-hybridized carbons (Fsp3) is 0. The largest absolute Gasteiger partial charge is 0.254 e. The van der Waals surface area contributed by atoms with E-state index in [4.69, 9.17) is 4.98 Å². The number of aromatic nitrogens is 1. The second-order valence-corrected chi connectivity index (χ2v) is 11.4. The van der Waals surface area contributed by atoms with E-state index in [9.17, 15) is 4.39 Å². The smallest absolute Gasteiger partial charge is 0.207 e. The summed E-state index contributed by atoms with van der Waals surface area (Å²) < 4.78 is 15.9. The molecule has 0 fully saturated rings. The van der Waals surface area contributed by atoms with E-state index in [-0.39, 0.29) is 5.82 Å². The minimum absolute atomic E-state index is 0.252. The standard InChI is InChI=1S/C25H18FNPS/c26-19-16-17-24-23(18-19)27-25(29-24)28(20-10-4-1-5-11-20,21-12-6-2-7-13-21)22-14-8-3-9-15-22/h1-18H/q+1. The lowest BCUT2D eigenvalue weighted by atomic mass is 10.3. The molecule has 0 aliphatic carbocycles. The van der Waals surface area contributed by atoms with Gasteiger partial charge in [0.05, 0.1) is 10.2 Å². The van der Waals surface area contributed by atoms with Crippen LogP contribution >= 0.6 is 18.6 Å². The molecule has 0 aliphatic rings. The molecule has 0 radical (unpaired) electrons. The van der Waals surface area contributed by atoms with Gasteiger partial charge in [0.2, 0.25) is 0 Å². The molecule has 4 heteroatoms. The monoisotopic (exact) mass is 414 g/mol. The molecule has 0 N–H and O–H groups in total. The second kappa shape index (κ2) is 7.51. The minimum Gasteiger partial charge on any atom is -0.207 e. The average molecular weight is 414 g/mol. The summed E-state index contributed by atoms with van der Waals surface area (Å²) in [5.41, 5.74) is 0.720. The maximum absolute atomic E-state index is 13.9. The van der Waals surface area contributed by atoms with Crippen molar-refractivity contribution in [1.82, 2.24) is 4.98 Å². The molecule has 1 heterocycles. The van der Waals surface area contributed by atoms with Crippen molar-refractivity contribution in [2.24, 2.45) is 0 Å². The highest BCUT2D eigenvalue weighted by Crippen LogP contribution is 2.55. The Morgan fingerprint density at radius 2 is 1.10 bits per heavy atom. The Bertz CT molecular complexity index is 1160. The van der Waals surface area contributed by atoms with Crippen LogP contribution in [0.15, 0.2) is 109 Å². The molecule has 4 aromatic carbocycles. The summed E-state index contributed by atoms with van der Waals surface area (Å²) >= 11 is 1.67. The van der Waals surface area contributed by atoms with Crippen LogP contribution in [0.3, 0.4) is 0 Å². The molecule has 0 saturated heterocycles. The Balaban J connectivity index is 1.92. The molecule has 0 atom stereocenters. The molecule has 1 nitrogen and oxygen atoms in total. The highest BCUT2D eigenvalue weighted by molar-refractivity contribution is 8.04. The van der Waals surface area contributed by atoms with Crippen LogP contribution in [0.2, 0.25) is 0 Å². The van der Waals surface area contributed by atoms with Crippen molar-refractivity contribution in [2.45, 2.75) is 0 Å². The molecule has 0 aliphatic heterocycles. The quantitative estimate of drug-likeness (QED) is 0.375. The van der Waals surface area contributed by atoms with Gasteiger partial charge in [-0.2, -0.15) is 0 Å². The summed E-state index contributed by atoms with van der Waals surface area (Å²) in [6.07, 6.45) is 0. The predicted molar refractivity (Wildman–Crippen MR) is 124 cm³/mol. The molecule has 0 saturated carbocycles. The third-order valence-corrected chi connectivity index (χ3v) is 10.9. The topological polar surface area (TPSA) is 12.9 Å². The highest BCUT2D eigenvalue weighted by Gasteiger charge is 2.50. The molecule has 0 unspecified atom stereocenters. The van der Waals surface area contributed by atoms with Gasteiger partial charge in [-0.05, 0) is 48.5 Å². The first kappa shape index (κ1) is 18.2. The summed E-state index contributed by atoms with van der Waals surface area (Å²) in [7, 11) is -2.21. The SMILES string of the molecule is Fc1ccc2sc([P+](c3ccccc3)(c3ccccc3)c3ccccc3)nc2c1. The van der Waals surface area contributed by atoms with Gasteiger partial charge in [-0.3, -0.25) is 0 Å². The van der Waals surface area contributed by atoms with Crippen LogP contribution in [-0.2, 0) is 0 Å². The Hall–Kier alpha value is -2.87. The van der Waals surface area contributed by atoms with Gasteiger partial charge in [-0.15, -0.1) is 0 Å². The van der Waals surface area contributed by atoms with Gasteiger partial charge >= 0.3 is 0 Å². The van der Waals surface area contributed by atoms with Crippen LogP contribution in [-0.4, -0.2) is 4.98 Å². The zero-order valence-corrected chi connectivity index (χ0v) is 17.3. The van der Waals surface area contributed by atoms with Crippen molar-refractivity contribution in [3.8, 4) is 0 Å². The van der Waals surface area contributed by atoms with Crippen LogP contribution in [0.1, 0.15) is 0 Å². The van der Waals surface area contributed by atoms with Crippen molar-refractivity contribution in [3.05, 3.63) is 115 Å². The molecule has 0 amide bonds. The van der Waals surface area contributed by atoms with Gasteiger partial charge < -0.3 is 0 Å². The number of rotatable bonds is 4. The Morgan fingerprint density at radius 1 is 0.621 bits per heavy atom. The van der Waals surface area contributed by atoms with E-state index >= 15 is 0 Å². The van der Waals surface area contributed by atoms with Crippen LogP contribution in [0, 0.1) is 5.82 Å². The number of halogens is 1. The van der Waals surface area contributed by atoms with Crippen molar-refractivity contribution in [3.63, 3.8) is 0 Å². The molecular weight excluding hydrogens is 396 g/mol. The zero-order chi connectivity index (χ0) is 19.7. The zero-order valence-electron chi connectivity index (χ0n) is 15.6. The fourth-order valence-corrected chi connectivity index (χ4v) is 9.92. The number of nitrogens with zero attached hydrogens (tertiary/aromatic N) is 1. The summed E-state index contributed by atoms with van der Waals surface area (Å²) in [5, 5.41) is 3.74. The normalized spacial score (nSPS) is 11.6. The van der Waals surface area contributed by atoms with Crippen LogP contribution in [0.5, 0.6) is 0 Å². The van der Waals surface area contributed by atoms with Gasteiger partial charge in [0, 0.05) is 6.07 Å². The van der Waals surface area contributed by atoms with Crippen molar-refractivity contribution in [1.29, 1.82) is 0 Å². The van der Waals surface area contributed by atoms with Gasteiger partial charge in [0.15, 0.2) is 7.26 Å². The van der Waals surface area contributed by atoms with E-state index in [1.54, 1.807) is 11.3 Å². The number of thiazole rings is 1. The first-order chi connectivity index (χ1) is 14.3. The van der Waals surface area contributed by atoms with Crippen molar-refractivity contribution in [2.75, 3.05) is 0 Å². The minimum atomic E-state index is -2.21. The maximum atomic E-state index is 13.9. The highest BCUT2D eigenvalue weighted by atomic mass is 32.1. The van der Waals surface area contributed by atoms with E-state index in [0.717, 1.165) is 15.0 Å². The Kier molecular flexibility index (Phi) is 4.71. The third-order valence-electron chi connectivity index (χ3n) is 5.06. The van der Waals surface area contributed by atoms with Gasteiger partial charge in [0.1, 0.15) is 21.7 Å². The van der Waals surface area contributed by atoms with E-state index in [0.29, 0.717) is 0 Å². The molecular formula is C25H18FNPS+. The number of hydrogen-bond acceptors (Lipinski definition) is 2. The summed E-state index contributed by atoms with van der Waals surface area (Å²) in [6.45, 7) is 0. The van der Waals surface area contributed by atoms with Crippen molar-refractivity contribution >= 4 is 49.5 Å². The Morgan fingerprint density at radius 3 is 1.59 bits per heavy atom.